The number of hydrogen-bond donors (Lipinski definition) is 2. The highest BCUT2D eigenvalue weighted by Gasteiger charge is 2.33. The first-order valence-electron chi connectivity index (χ1n) is 4.77. The summed E-state index contributed by atoms with van der Waals surface area (Å²) in [7, 11) is 0. The summed E-state index contributed by atoms with van der Waals surface area (Å²) in [6.07, 6.45) is 0.181. The molecule has 1 aliphatic heterocycles. The molecule has 1 fully saturated rings. The van der Waals surface area contributed by atoms with Crippen LogP contribution < -0.4 is 0 Å². The molecule has 0 amide bonds. The van der Waals surface area contributed by atoms with Gasteiger partial charge in [0.05, 0.1) is 25.9 Å². The molecule has 1 aromatic rings. The average molecular weight is 194 g/mol. The molecule has 3 nitrogen and oxygen atoms in total. The van der Waals surface area contributed by atoms with Crippen LogP contribution in [0.3, 0.4) is 0 Å². The number of rotatable bonds is 4. The predicted octanol–water partition coefficient (Wildman–Crippen LogP) is 0.654. The quantitative estimate of drug-likeness (QED) is 0.692. The van der Waals surface area contributed by atoms with E-state index in [1.54, 1.807) is 0 Å². The van der Waals surface area contributed by atoms with Gasteiger partial charge in [-0.25, -0.2) is 0 Å². The van der Waals surface area contributed by atoms with E-state index in [0.29, 0.717) is 0 Å². The zero-order valence-corrected chi connectivity index (χ0v) is 7.89. The Bertz CT molecular complexity index is 290. The molecule has 0 spiro atoms. The van der Waals surface area contributed by atoms with Crippen molar-refractivity contribution < 1.29 is 14.9 Å². The summed E-state index contributed by atoms with van der Waals surface area (Å²) in [5, 5.41) is 18.1. The molecule has 1 aliphatic rings. The maximum Gasteiger partial charge on any atom is 0.0900 e. The molecule has 0 aromatic heterocycles. The second-order valence-electron chi connectivity index (χ2n) is 3.56. The van der Waals surface area contributed by atoms with Crippen LogP contribution in [0, 0.1) is 0 Å². The minimum Gasteiger partial charge on any atom is -0.396 e. The van der Waals surface area contributed by atoms with Gasteiger partial charge in [-0.15, -0.1) is 0 Å². The Labute approximate surface area is 83.0 Å². The highest BCUT2D eigenvalue weighted by atomic mass is 16.6. The second kappa shape index (κ2) is 4.09. The average Bonchev–Trinajstić information content (AvgIpc) is 3.04. The van der Waals surface area contributed by atoms with Crippen LogP contribution in [-0.4, -0.2) is 29.5 Å². The second-order valence-corrected chi connectivity index (χ2v) is 3.56. The molecule has 2 rings (SSSR count). The van der Waals surface area contributed by atoms with Crippen LogP contribution in [0.1, 0.15) is 17.0 Å². The molecule has 0 aliphatic carbocycles. The first kappa shape index (κ1) is 9.65. The smallest absolute Gasteiger partial charge is 0.0900 e. The van der Waals surface area contributed by atoms with Gasteiger partial charge in [-0.2, -0.15) is 0 Å². The molecule has 0 radical (unpaired) electrons. The van der Waals surface area contributed by atoms with Gasteiger partial charge in [0.25, 0.3) is 0 Å². The molecule has 2 N–H and O–H groups in total. The SMILES string of the molecule is OCc1ccc(C(CO)C2CO2)cc1. The van der Waals surface area contributed by atoms with Crippen LogP contribution >= 0.6 is 0 Å². The van der Waals surface area contributed by atoms with Gasteiger partial charge >= 0.3 is 0 Å². The monoisotopic (exact) mass is 194 g/mol. The van der Waals surface area contributed by atoms with Crippen LogP contribution in [0.4, 0.5) is 0 Å². The molecule has 2 atom stereocenters. The molecule has 3 heteroatoms. The molecule has 1 aromatic carbocycles. The Hall–Kier alpha value is -0.900. The van der Waals surface area contributed by atoms with E-state index in [4.69, 9.17) is 9.84 Å². The number of epoxide rings is 1. The van der Waals surface area contributed by atoms with Gasteiger partial charge < -0.3 is 14.9 Å². The van der Waals surface area contributed by atoms with E-state index in [2.05, 4.69) is 0 Å². The lowest BCUT2D eigenvalue weighted by molar-refractivity contribution is 0.236. The summed E-state index contributed by atoms with van der Waals surface area (Å²) in [6, 6.07) is 7.63. The lowest BCUT2D eigenvalue weighted by Gasteiger charge is -2.11. The van der Waals surface area contributed by atoms with E-state index in [-0.39, 0.29) is 25.2 Å². The molecule has 0 bridgehead atoms. The summed E-state index contributed by atoms with van der Waals surface area (Å²) >= 11 is 0. The third-order valence-electron chi connectivity index (χ3n) is 2.60. The molecule has 0 saturated carbocycles. The van der Waals surface area contributed by atoms with Crippen LogP contribution in [0.5, 0.6) is 0 Å². The Morgan fingerprint density at radius 2 is 1.93 bits per heavy atom. The molecule has 1 heterocycles. The Balaban J connectivity index is 2.13. The first-order valence-corrected chi connectivity index (χ1v) is 4.77. The highest BCUT2D eigenvalue weighted by Crippen LogP contribution is 2.29. The van der Waals surface area contributed by atoms with Crippen molar-refractivity contribution in [1.29, 1.82) is 0 Å². The van der Waals surface area contributed by atoms with Crippen molar-refractivity contribution in [2.75, 3.05) is 13.2 Å². The standard InChI is InChI=1S/C11H14O3/c12-5-8-1-3-9(4-2-8)10(6-13)11-7-14-11/h1-4,10-13H,5-7H2. The third kappa shape index (κ3) is 1.95. The fraction of sp³-hybridized carbons (Fsp3) is 0.455. The lowest BCUT2D eigenvalue weighted by Crippen LogP contribution is -2.10. The van der Waals surface area contributed by atoms with Gasteiger partial charge in [0.15, 0.2) is 0 Å². The zero-order chi connectivity index (χ0) is 9.97. The van der Waals surface area contributed by atoms with Gasteiger partial charge in [0, 0.05) is 5.92 Å². The maximum atomic E-state index is 9.19. The molecule has 76 valence electrons. The molecule has 2 unspecified atom stereocenters. The first-order chi connectivity index (χ1) is 6.85. The fourth-order valence-electron chi connectivity index (χ4n) is 1.60. The van der Waals surface area contributed by atoms with Crippen molar-refractivity contribution in [3.63, 3.8) is 0 Å². The number of aliphatic hydroxyl groups is 2. The lowest BCUT2D eigenvalue weighted by atomic mass is 9.96. The van der Waals surface area contributed by atoms with E-state index >= 15 is 0 Å². The fourth-order valence-corrected chi connectivity index (χ4v) is 1.60. The van der Waals surface area contributed by atoms with Crippen molar-refractivity contribution >= 4 is 0 Å². The van der Waals surface area contributed by atoms with Gasteiger partial charge in [-0.05, 0) is 11.1 Å². The van der Waals surface area contributed by atoms with Gasteiger partial charge in [0.1, 0.15) is 0 Å². The summed E-state index contributed by atoms with van der Waals surface area (Å²) in [4.78, 5) is 0. The summed E-state index contributed by atoms with van der Waals surface area (Å²) < 4.78 is 5.16. The van der Waals surface area contributed by atoms with E-state index in [1.165, 1.54) is 0 Å². The maximum absolute atomic E-state index is 9.19. The van der Waals surface area contributed by atoms with Gasteiger partial charge in [0.2, 0.25) is 0 Å². The van der Waals surface area contributed by atoms with Gasteiger partial charge in [-0.1, -0.05) is 24.3 Å². The number of ether oxygens (including phenoxy) is 1. The Kier molecular flexibility index (Phi) is 2.82. The van der Waals surface area contributed by atoms with Crippen molar-refractivity contribution in [2.45, 2.75) is 18.6 Å². The minimum atomic E-state index is 0.0595. The van der Waals surface area contributed by atoms with Crippen LogP contribution in [0.2, 0.25) is 0 Å². The van der Waals surface area contributed by atoms with E-state index in [0.717, 1.165) is 17.7 Å². The highest BCUT2D eigenvalue weighted by molar-refractivity contribution is 5.26. The minimum absolute atomic E-state index is 0.0595. The molecule has 1 saturated heterocycles. The van der Waals surface area contributed by atoms with E-state index in [1.807, 2.05) is 24.3 Å². The summed E-state index contributed by atoms with van der Waals surface area (Å²) in [5.41, 5.74) is 1.97. The summed E-state index contributed by atoms with van der Waals surface area (Å²) in [6.45, 7) is 0.917. The number of hydrogen-bond acceptors (Lipinski definition) is 3. The van der Waals surface area contributed by atoms with Gasteiger partial charge in [-0.3, -0.25) is 0 Å². The molecular formula is C11H14O3. The van der Waals surface area contributed by atoms with E-state index < -0.39 is 0 Å². The molecule has 14 heavy (non-hydrogen) atoms. The van der Waals surface area contributed by atoms with Crippen molar-refractivity contribution in [3.05, 3.63) is 35.4 Å². The largest absolute Gasteiger partial charge is 0.396 e. The number of aliphatic hydroxyl groups excluding tert-OH is 2. The normalized spacial score (nSPS) is 22.0. The van der Waals surface area contributed by atoms with E-state index in [9.17, 15) is 5.11 Å². The topological polar surface area (TPSA) is 53.0 Å². The third-order valence-corrected chi connectivity index (χ3v) is 2.60. The molecular weight excluding hydrogens is 180 g/mol. The van der Waals surface area contributed by atoms with Crippen molar-refractivity contribution in [3.8, 4) is 0 Å². The Morgan fingerprint density at radius 1 is 1.29 bits per heavy atom. The van der Waals surface area contributed by atoms with Crippen LogP contribution in [0.15, 0.2) is 24.3 Å². The zero-order valence-electron chi connectivity index (χ0n) is 7.89. The van der Waals surface area contributed by atoms with Crippen LogP contribution in [-0.2, 0) is 11.3 Å². The van der Waals surface area contributed by atoms with Crippen molar-refractivity contribution in [2.24, 2.45) is 0 Å². The predicted molar refractivity (Wildman–Crippen MR) is 51.9 cm³/mol. The van der Waals surface area contributed by atoms with Crippen molar-refractivity contribution in [1.82, 2.24) is 0 Å². The number of benzene rings is 1. The Morgan fingerprint density at radius 3 is 2.36 bits per heavy atom. The van der Waals surface area contributed by atoms with Crippen LogP contribution in [0.25, 0.3) is 0 Å². The summed E-state index contributed by atoms with van der Waals surface area (Å²) in [5.74, 6) is 0.0859.